The Kier molecular flexibility index (Phi) is 5.08. The molecule has 5 heteroatoms. The van der Waals surface area contributed by atoms with Crippen LogP contribution in [0.15, 0.2) is 85.1 Å². The summed E-state index contributed by atoms with van der Waals surface area (Å²) in [5.74, 6) is -0.936. The highest BCUT2D eigenvalue weighted by molar-refractivity contribution is 6.07. The van der Waals surface area contributed by atoms with Crippen LogP contribution in [0.1, 0.15) is 27.5 Å². The van der Waals surface area contributed by atoms with Gasteiger partial charge in [0.1, 0.15) is 11.9 Å². The van der Waals surface area contributed by atoms with E-state index < -0.39 is 17.8 Å². The predicted octanol–water partition coefficient (Wildman–Crippen LogP) is 4.82. The molecule has 1 atom stereocenters. The molecule has 0 radical (unpaired) electrons. The topological polar surface area (TPSA) is 57.8 Å². The molecule has 0 bridgehead atoms. The van der Waals surface area contributed by atoms with Crippen molar-refractivity contribution in [1.82, 2.24) is 9.88 Å². The Bertz CT molecular complexity index is 1210. The molecule has 0 aliphatic heterocycles. The van der Waals surface area contributed by atoms with Gasteiger partial charge in [-0.05, 0) is 17.7 Å². The van der Waals surface area contributed by atoms with Gasteiger partial charge in [0.25, 0.3) is 5.91 Å². The van der Waals surface area contributed by atoms with Gasteiger partial charge in [0.15, 0.2) is 0 Å². The van der Waals surface area contributed by atoms with Gasteiger partial charge in [-0.1, -0.05) is 66.7 Å². The zero-order valence-corrected chi connectivity index (χ0v) is 15.5. The van der Waals surface area contributed by atoms with Crippen molar-refractivity contribution in [2.45, 2.75) is 12.6 Å². The summed E-state index contributed by atoms with van der Waals surface area (Å²) >= 11 is 0. The maximum absolute atomic E-state index is 14.1. The number of rotatable bonds is 5. The molecule has 1 amide bonds. The number of para-hydroxylation sites is 1. The van der Waals surface area contributed by atoms with E-state index in [1.165, 1.54) is 12.1 Å². The Morgan fingerprint density at radius 2 is 1.69 bits per heavy atom. The van der Waals surface area contributed by atoms with Gasteiger partial charge in [0.05, 0.1) is 11.6 Å². The van der Waals surface area contributed by atoms with E-state index >= 15 is 0 Å². The summed E-state index contributed by atoms with van der Waals surface area (Å²) < 4.78 is 16.1. The molecule has 1 heterocycles. The van der Waals surface area contributed by atoms with E-state index in [2.05, 4.69) is 5.32 Å². The minimum atomic E-state index is -1.07. The van der Waals surface area contributed by atoms with Gasteiger partial charge < -0.3 is 9.88 Å². The summed E-state index contributed by atoms with van der Waals surface area (Å²) in [4.78, 5) is 13.0. The van der Waals surface area contributed by atoms with Crippen molar-refractivity contribution in [3.05, 3.63) is 108 Å². The number of halogens is 1. The number of amides is 1. The predicted molar refractivity (Wildman–Crippen MR) is 110 cm³/mol. The van der Waals surface area contributed by atoms with E-state index in [4.69, 9.17) is 0 Å². The largest absolute Gasteiger partial charge is 0.342 e. The molecule has 0 aliphatic rings. The second kappa shape index (κ2) is 7.99. The number of nitrogens with zero attached hydrogens (tertiary/aromatic N) is 2. The van der Waals surface area contributed by atoms with Crippen molar-refractivity contribution in [3.8, 4) is 6.07 Å². The van der Waals surface area contributed by atoms with Crippen LogP contribution in [0.5, 0.6) is 0 Å². The number of nitriles is 1. The van der Waals surface area contributed by atoms with E-state index in [9.17, 15) is 14.4 Å². The molecule has 29 heavy (non-hydrogen) atoms. The lowest BCUT2D eigenvalue weighted by molar-refractivity contribution is 0.0946. The van der Waals surface area contributed by atoms with E-state index in [0.717, 1.165) is 16.5 Å². The van der Waals surface area contributed by atoms with E-state index in [0.29, 0.717) is 12.1 Å². The van der Waals surface area contributed by atoms with Crippen molar-refractivity contribution in [1.29, 1.82) is 5.26 Å². The van der Waals surface area contributed by atoms with Crippen molar-refractivity contribution in [3.63, 3.8) is 0 Å². The lowest BCUT2D eigenvalue weighted by Crippen LogP contribution is -2.28. The summed E-state index contributed by atoms with van der Waals surface area (Å²) in [5.41, 5.74) is 2.63. The maximum atomic E-state index is 14.1. The minimum absolute atomic E-state index is 0.149. The smallest absolute Gasteiger partial charge is 0.254 e. The molecule has 1 aromatic heterocycles. The first-order chi connectivity index (χ1) is 14.2. The fourth-order valence-electron chi connectivity index (χ4n) is 3.44. The highest BCUT2D eigenvalue weighted by Gasteiger charge is 2.21. The van der Waals surface area contributed by atoms with Gasteiger partial charge in [-0.25, -0.2) is 4.39 Å². The molecule has 142 valence electrons. The standard InChI is InChI=1S/C24H18FN3O/c25-21-12-6-4-11-19(21)22(14-26)27-24(29)20-16-28(15-17-8-2-1-3-9-17)23-13-7-5-10-18(20)23/h1-13,16,22H,15H2,(H,27,29). The van der Waals surface area contributed by atoms with Crippen LogP contribution in [0.2, 0.25) is 0 Å². The van der Waals surface area contributed by atoms with Crippen molar-refractivity contribution < 1.29 is 9.18 Å². The second-order valence-electron chi connectivity index (χ2n) is 6.73. The number of benzene rings is 3. The molecule has 0 fully saturated rings. The summed E-state index contributed by atoms with van der Waals surface area (Å²) in [7, 11) is 0. The molecule has 3 aromatic carbocycles. The van der Waals surface area contributed by atoms with Crippen molar-refractivity contribution in [2.75, 3.05) is 0 Å². The minimum Gasteiger partial charge on any atom is -0.342 e. The number of hydrogen-bond acceptors (Lipinski definition) is 2. The summed E-state index contributed by atoms with van der Waals surface area (Å²) in [6.45, 7) is 0.615. The van der Waals surface area contributed by atoms with Gasteiger partial charge in [0, 0.05) is 29.2 Å². The molecule has 1 N–H and O–H groups in total. The van der Waals surface area contributed by atoms with E-state index in [-0.39, 0.29) is 5.56 Å². The molecule has 0 aliphatic carbocycles. The maximum Gasteiger partial charge on any atom is 0.254 e. The Morgan fingerprint density at radius 3 is 2.45 bits per heavy atom. The van der Waals surface area contributed by atoms with Crippen molar-refractivity contribution >= 4 is 16.8 Å². The molecule has 4 rings (SSSR count). The Morgan fingerprint density at radius 1 is 1.00 bits per heavy atom. The average Bonchev–Trinajstić information content (AvgIpc) is 3.12. The normalized spacial score (nSPS) is 11.7. The van der Waals surface area contributed by atoms with E-state index in [1.54, 1.807) is 18.3 Å². The summed E-state index contributed by atoms with van der Waals surface area (Å²) in [5, 5.41) is 12.9. The van der Waals surface area contributed by atoms with Crippen LogP contribution >= 0.6 is 0 Å². The van der Waals surface area contributed by atoms with Crippen LogP contribution in [0.3, 0.4) is 0 Å². The lowest BCUT2D eigenvalue weighted by Gasteiger charge is -2.12. The fourth-order valence-corrected chi connectivity index (χ4v) is 3.44. The molecule has 4 aromatic rings. The SMILES string of the molecule is N#CC(NC(=O)c1cn(Cc2ccccc2)c2ccccc12)c1ccccc1F. The number of carbonyl (C=O) groups excluding carboxylic acids is 1. The van der Waals surface area contributed by atoms with E-state index in [1.807, 2.05) is 65.2 Å². The molecule has 1 unspecified atom stereocenters. The Labute approximate surface area is 167 Å². The van der Waals surface area contributed by atoms with Gasteiger partial charge in [-0.15, -0.1) is 0 Å². The first-order valence-electron chi connectivity index (χ1n) is 9.24. The molecule has 0 saturated heterocycles. The van der Waals surface area contributed by atoms with Crippen LogP contribution < -0.4 is 5.32 Å². The Balaban J connectivity index is 1.67. The average molecular weight is 383 g/mol. The second-order valence-corrected chi connectivity index (χ2v) is 6.73. The highest BCUT2D eigenvalue weighted by Crippen LogP contribution is 2.24. The van der Waals surface area contributed by atoms with Crippen molar-refractivity contribution in [2.24, 2.45) is 0 Å². The lowest BCUT2D eigenvalue weighted by atomic mass is 10.1. The number of fused-ring (bicyclic) bond motifs is 1. The molecule has 0 spiro atoms. The fraction of sp³-hybridized carbons (Fsp3) is 0.0833. The van der Waals surface area contributed by atoms with Crippen LogP contribution in [0.4, 0.5) is 4.39 Å². The van der Waals surface area contributed by atoms with Gasteiger partial charge in [-0.3, -0.25) is 4.79 Å². The third kappa shape index (κ3) is 3.74. The number of hydrogen-bond donors (Lipinski definition) is 1. The molecular formula is C24H18FN3O. The van der Waals surface area contributed by atoms with Crippen LogP contribution in [-0.4, -0.2) is 10.5 Å². The zero-order valence-electron chi connectivity index (χ0n) is 15.5. The summed E-state index contributed by atoms with van der Waals surface area (Å²) in [6, 6.07) is 24.4. The number of aromatic nitrogens is 1. The van der Waals surface area contributed by atoms with Gasteiger partial charge in [0.2, 0.25) is 0 Å². The monoisotopic (exact) mass is 383 g/mol. The van der Waals surface area contributed by atoms with Gasteiger partial charge in [-0.2, -0.15) is 5.26 Å². The third-order valence-corrected chi connectivity index (χ3v) is 4.85. The number of nitrogens with one attached hydrogen (secondary N) is 1. The highest BCUT2D eigenvalue weighted by atomic mass is 19.1. The zero-order chi connectivity index (χ0) is 20.2. The quantitative estimate of drug-likeness (QED) is 0.537. The molecular weight excluding hydrogens is 365 g/mol. The molecule has 0 saturated carbocycles. The van der Waals surface area contributed by atoms with Crippen LogP contribution in [0.25, 0.3) is 10.9 Å². The van der Waals surface area contributed by atoms with Crippen LogP contribution in [-0.2, 0) is 6.54 Å². The Hall–Kier alpha value is -3.91. The third-order valence-electron chi connectivity index (χ3n) is 4.85. The first-order valence-corrected chi connectivity index (χ1v) is 9.24. The summed E-state index contributed by atoms with van der Waals surface area (Å²) in [6.07, 6.45) is 1.78. The molecule has 4 nitrogen and oxygen atoms in total. The number of carbonyl (C=O) groups is 1. The van der Waals surface area contributed by atoms with Gasteiger partial charge >= 0.3 is 0 Å². The first kappa shape index (κ1) is 18.5. The van der Waals surface area contributed by atoms with Crippen LogP contribution in [0, 0.1) is 17.1 Å².